The van der Waals surface area contributed by atoms with Crippen molar-refractivity contribution in [1.82, 2.24) is 10.4 Å². The van der Waals surface area contributed by atoms with E-state index in [1.54, 1.807) is 0 Å². The van der Waals surface area contributed by atoms with Gasteiger partial charge in [0.25, 0.3) is 5.91 Å². The summed E-state index contributed by atoms with van der Waals surface area (Å²) >= 11 is 12.2. The minimum absolute atomic E-state index is 0.154. The molecule has 4 nitrogen and oxygen atoms in total. The minimum atomic E-state index is -0.154. The topological polar surface area (TPSA) is 44.7 Å². The van der Waals surface area contributed by atoms with Gasteiger partial charge in [-0.1, -0.05) is 79.9 Å². The van der Waals surface area contributed by atoms with Gasteiger partial charge in [-0.25, -0.2) is 10.0 Å². The van der Waals surface area contributed by atoms with Crippen LogP contribution in [-0.2, 0) is 11.2 Å². The fraction of sp³-hybridized carbons (Fsp3) is 0.429. The number of amides is 1. The van der Waals surface area contributed by atoms with Gasteiger partial charge in [0.2, 0.25) is 0 Å². The van der Waals surface area contributed by atoms with Crippen LogP contribution >= 0.6 is 23.2 Å². The van der Waals surface area contributed by atoms with Gasteiger partial charge in [-0.2, -0.15) is 0 Å². The summed E-state index contributed by atoms with van der Waals surface area (Å²) in [7, 11) is 0. The zero-order valence-corrected chi connectivity index (χ0v) is 22.5. The van der Waals surface area contributed by atoms with Gasteiger partial charge in [-0.3, -0.25) is 10.2 Å². The van der Waals surface area contributed by atoms with Crippen LogP contribution in [0.15, 0.2) is 64.8 Å². The maximum absolute atomic E-state index is 12.6. The van der Waals surface area contributed by atoms with Crippen molar-refractivity contribution in [2.45, 2.75) is 60.3 Å². The average molecular weight is 503 g/mol. The number of nitrogens with zero attached hydrogens (tertiary/aromatic N) is 2. The monoisotopic (exact) mass is 501 g/mol. The molecule has 2 aromatic carbocycles. The highest BCUT2D eigenvalue weighted by Crippen LogP contribution is 2.19. The van der Waals surface area contributed by atoms with Crippen LogP contribution in [0.3, 0.4) is 0 Å². The van der Waals surface area contributed by atoms with Crippen molar-refractivity contribution in [3.8, 4) is 0 Å². The number of aliphatic imine (C=N–C) groups is 1. The van der Waals surface area contributed by atoms with Crippen molar-refractivity contribution in [2.75, 3.05) is 13.1 Å². The van der Waals surface area contributed by atoms with E-state index in [9.17, 15) is 4.79 Å². The highest BCUT2D eigenvalue weighted by molar-refractivity contribution is 6.34. The first kappa shape index (κ1) is 28.1. The van der Waals surface area contributed by atoms with E-state index in [0.29, 0.717) is 16.6 Å². The molecule has 1 aliphatic rings. The molecule has 1 N–H and O–H groups in total. The standard InChI is InChI=1S/C18H24ClN3O.C10H13Cl/c1-13(2)17(18(23)21-22-11-7-4-8-12-22)20-14(3)15-9-5-6-10-16(15)19;1-8(2)7-9-5-3-4-6-10(9)11/h5-6,9-10H,4,7-8,11-12H2,1-3H3,(H,21,23);3-6,8H,7H2,1-2H3. The Morgan fingerprint density at radius 3 is 2.09 bits per heavy atom. The molecule has 0 aliphatic carbocycles. The van der Waals surface area contributed by atoms with Gasteiger partial charge < -0.3 is 0 Å². The van der Waals surface area contributed by atoms with Crippen molar-refractivity contribution in [1.29, 1.82) is 0 Å². The van der Waals surface area contributed by atoms with Crippen LogP contribution in [0.2, 0.25) is 10.0 Å². The molecule has 1 aliphatic heterocycles. The molecule has 34 heavy (non-hydrogen) atoms. The summed E-state index contributed by atoms with van der Waals surface area (Å²) in [5.41, 5.74) is 7.14. The fourth-order valence-corrected chi connectivity index (χ4v) is 4.16. The van der Waals surface area contributed by atoms with Gasteiger partial charge in [0.05, 0.1) is 0 Å². The summed E-state index contributed by atoms with van der Waals surface area (Å²) in [6.45, 7) is 11.9. The lowest BCUT2D eigenvalue weighted by molar-refractivity contribution is -0.122. The molecule has 1 amide bonds. The second-order valence-electron chi connectivity index (χ2n) is 9.20. The van der Waals surface area contributed by atoms with Crippen LogP contribution in [0.1, 0.15) is 65.0 Å². The number of hydrazine groups is 1. The number of rotatable bonds is 6. The maximum Gasteiger partial charge on any atom is 0.284 e. The Hall–Kier alpha value is -2.14. The number of hydrogen-bond acceptors (Lipinski definition) is 3. The molecule has 1 heterocycles. The number of carbonyl (C=O) groups excluding carboxylic acids is 1. The van der Waals surface area contributed by atoms with Crippen molar-refractivity contribution in [2.24, 2.45) is 10.9 Å². The molecule has 0 aromatic heterocycles. The second-order valence-corrected chi connectivity index (χ2v) is 10.0. The lowest BCUT2D eigenvalue weighted by Gasteiger charge is -2.27. The number of piperidine rings is 1. The summed E-state index contributed by atoms with van der Waals surface area (Å²) in [6.07, 6.45) is 4.53. The fourth-order valence-electron chi connectivity index (χ4n) is 3.68. The summed E-state index contributed by atoms with van der Waals surface area (Å²) < 4.78 is 0. The zero-order chi connectivity index (χ0) is 25.1. The van der Waals surface area contributed by atoms with E-state index in [4.69, 9.17) is 23.2 Å². The van der Waals surface area contributed by atoms with Gasteiger partial charge in [0.15, 0.2) is 0 Å². The molecule has 0 spiro atoms. The summed E-state index contributed by atoms with van der Waals surface area (Å²) in [4.78, 5) is 17.1. The van der Waals surface area contributed by atoms with Crippen molar-refractivity contribution < 1.29 is 4.79 Å². The Kier molecular flexibility index (Phi) is 11.8. The summed E-state index contributed by atoms with van der Waals surface area (Å²) in [5.74, 6) is 0.521. The van der Waals surface area contributed by atoms with Crippen LogP contribution in [0.5, 0.6) is 0 Å². The zero-order valence-electron chi connectivity index (χ0n) is 21.0. The maximum atomic E-state index is 12.6. The molecule has 0 atom stereocenters. The number of halogens is 2. The third kappa shape index (κ3) is 9.25. The molecule has 0 unspecified atom stereocenters. The number of benzene rings is 2. The number of hydrogen-bond donors (Lipinski definition) is 1. The molecule has 1 fully saturated rings. The van der Waals surface area contributed by atoms with Crippen molar-refractivity contribution >= 4 is 34.8 Å². The Morgan fingerprint density at radius 2 is 1.53 bits per heavy atom. The number of carbonyl (C=O) groups is 1. The Balaban J connectivity index is 0.000000310. The lowest BCUT2D eigenvalue weighted by Crippen LogP contribution is -2.45. The molecule has 2 aromatic rings. The van der Waals surface area contributed by atoms with E-state index in [1.165, 1.54) is 12.0 Å². The first-order valence-corrected chi connectivity index (χ1v) is 12.7. The van der Waals surface area contributed by atoms with Crippen LogP contribution in [0.25, 0.3) is 0 Å². The Bertz CT molecular complexity index is 1000. The third-order valence-corrected chi connectivity index (χ3v) is 6.13. The number of allylic oxidation sites excluding steroid dienone is 1. The SMILES string of the molecule is CC(=NC(C(=O)NN1CCCCC1)=C(C)C)c1ccccc1Cl.CC(C)Cc1ccccc1Cl. The van der Waals surface area contributed by atoms with Crippen molar-refractivity contribution in [3.63, 3.8) is 0 Å². The van der Waals surface area contributed by atoms with E-state index in [0.717, 1.165) is 54.2 Å². The predicted octanol–water partition coefficient (Wildman–Crippen LogP) is 7.50. The molecule has 6 heteroatoms. The van der Waals surface area contributed by atoms with Gasteiger partial charge in [0, 0.05) is 34.4 Å². The van der Waals surface area contributed by atoms with Gasteiger partial charge in [-0.05, 0) is 69.2 Å². The van der Waals surface area contributed by atoms with E-state index in [-0.39, 0.29) is 5.91 Å². The molecule has 184 valence electrons. The summed E-state index contributed by atoms with van der Waals surface area (Å²) in [5, 5.41) is 3.51. The normalized spacial score (nSPS) is 14.3. The van der Waals surface area contributed by atoms with Gasteiger partial charge >= 0.3 is 0 Å². The van der Waals surface area contributed by atoms with E-state index in [1.807, 2.05) is 68.2 Å². The van der Waals surface area contributed by atoms with Gasteiger partial charge in [0.1, 0.15) is 5.70 Å². The Morgan fingerprint density at radius 1 is 0.941 bits per heavy atom. The van der Waals surface area contributed by atoms with E-state index >= 15 is 0 Å². The molecular formula is C28H37Cl2N3O. The van der Waals surface area contributed by atoms with Crippen LogP contribution < -0.4 is 5.43 Å². The van der Waals surface area contributed by atoms with E-state index in [2.05, 4.69) is 30.3 Å². The molecule has 0 bridgehead atoms. The first-order valence-electron chi connectivity index (χ1n) is 12.0. The van der Waals surface area contributed by atoms with Crippen LogP contribution in [0.4, 0.5) is 0 Å². The first-order chi connectivity index (χ1) is 16.2. The molecule has 0 saturated carbocycles. The third-order valence-electron chi connectivity index (χ3n) is 5.43. The Labute approximate surface area is 215 Å². The largest absolute Gasteiger partial charge is 0.284 e. The molecular weight excluding hydrogens is 465 g/mol. The van der Waals surface area contributed by atoms with Crippen LogP contribution in [-0.4, -0.2) is 29.7 Å². The second kappa shape index (κ2) is 14.3. The quantitative estimate of drug-likeness (QED) is 0.328. The van der Waals surface area contributed by atoms with E-state index < -0.39 is 0 Å². The van der Waals surface area contributed by atoms with Gasteiger partial charge in [-0.15, -0.1) is 0 Å². The average Bonchev–Trinajstić information content (AvgIpc) is 2.79. The predicted molar refractivity (Wildman–Crippen MR) is 146 cm³/mol. The molecule has 1 saturated heterocycles. The molecule has 3 rings (SSSR count). The highest BCUT2D eigenvalue weighted by atomic mass is 35.5. The highest BCUT2D eigenvalue weighted by Gasteiger charge is 2.17. The van der Waals surface area contributed by atoms with Crippen molar-refractivity contribution in [3.05, 3.63) is 81.0 Å². The lowest BCUT2D eigenvalue weighted by atomic mass is 10.0. The summed E-state index contributed by atoms with van der Waals surface area (Å²) in [6, 6.07) is 15.6. The van der Waals surface area contributed by atoms with Crippen LogP contribution in [0, 0.1) is 5.92 Å². The molecule has 0 radical (unpaired) electrons. The minimum Gasteiger partial charge on any atom is -0.283 e. The number of nitrogens with one attached hydrogen (secondary N) is 1. The smallest absolute Gasteiger partial charge is 0.283 e.